The number of nitro groups is 1. The van der Waals surface area contributed by atoms with Crippen LogP contribution in [0.1, 0.15) is 29.0 Å². The van der Waals surface area contributed by atoms with Crippen LogP contribution in [0.15, 0.2) is 42.9 Å². The highest BCUT2D eigenvalue weighted by Crippen LogP contribution is 2.23. The van der Waals surface area contributed by atoms with Gasteiger partial charge in [-0.2, -0.15) is 0 Å². The lowest BCUT2D eigenvalue weighted by molar-refractivity contribution is -0.384. The molecule has 0 radical (unpaired) electrons. The fourth-order valence-electron chi connectivity index (χ4n) is 1.89. The highest BCUT2D eigenvalue weighted by Gasteiger charge is 2.21. The van der Waals surface area contributed by atoms with Crippen LogP contribution in [-0.2, 0) is 0 Å². The molecule has 108 valence electrons. The number of hydrogen-bond acceptors (Lipinski definition) is 5. The van der Waals surface area contributed by atoms with Gasteiger partial charge in [0.1, 0.15) is 5.69 Å². The van der Waals surface area contributed by atoms with Crippen molar-refractivity contribution < 1.29 is 9.72 Å². The number of nitro benzene ring substituents is 1. The van der Waals surface area contributed by atoms with Crippen molar-refractivity contribution in [3.63, 3.8) is 0 Å². The lowest BCUT2D eigenvalue weighted by atomic mass is 10.1. The first-order valence-corrected chi connectivity index (χ1v) is 6.28. The van der Waals surface area contributed by atoms with E-state index in [2.05, 4.69) is 9.97 Å². The van der Waals surface area contributed by atoms with E-state index < -0.39 is 4.92 Å². The third kappa shape index (κ3) is 3.19. The average molecular weight is 286 g/mol. The summed E-state index contributed by atoms with van der Waals surface area (Å²) in [5, 5.41) is 10.8. The third-order valence-corrected chi connectivity index (χ3v) is 3.25. The van der Waals surface area contributed by atoms with Crippen LogP contribution < -0.4 is 0 Å². The fraction of sp³-hybridized carbons (Fsp3) is 0.214. The molecule has 0 fully saturated rings. The third-order valence-electron chi connectivity index (χ3n) is 3.25. The monoisotopic (exact) mass is 286 g/mol. The topological polar surface area (TPSA) is 89.2 Å². The first-order valence-electron chi connectivity index (χ1n) is 6.28. The Morgan fingerprint density at radius 2 is 2.14 bits per heavy atom. The van der Waals surface area contributed by atoms with Gasteiger partial charge in [0.15, 0.2) is 0 Å². The number of rotatable bonds is 4. The van der Waals surface area contributed by atoms with E-state index in [-0.39, 0.29) is 23.3 Å². The maximum Gasteiger partial charge on any atom is 0.274 e. The average Bonchev–Trinajstić information content (AvgIpc) is 2.53. The molecular formula is C14H14N4O3. The van der Waals surface area contributed by atoms with Crippen molar-refractivity contribution >= 4 is 11.6 Å². The predicted molar refractivity (Wildman–Crippen MR) is 75.6 cm³/mol. The van der Waals surface area contributed by atoms with Gasteiger partial charge in [0.2, 0.25) is 0 Å². The Hall–Kier alpha value is -2.83. The molecule has 0 spiro atoms. The summed E-state index contributed by atoms with van der Waals surface area (Å²) in [5.74, 6) is -0.290. The summed E-state index contributed by atoms with van der Waals surface area (Å²) in [7, 11) is 1.63. The summed E-state index contributed by atoms with van der Waals surface area (Å²) in [6.45, 7) is 1.80. The molecule has 1 aromatic heterocycles. The molecule has 0 aliphatic carbocycles. The van der Waals surface area contributed by atoms with E-state index in [1.54, 1.807) is 26.1 Å². The normalized spacial score (nSPS) is 11.7. The molecule has 7 nitrogen and oxygen atoms in total. The van der Waals surface area contributed by atoms with Gasteiger partial charge >= 0.3 is 0 Å². The second-order valence-corrected chi connectivity index (χ2v) is 4.53. The quantitative estimate of drug-likeness (QED) is 0.635. The lowest BCUT2D eigenvalue weighted by Crippen LogP contribution is -2.30. The van der Waals surface area contributed by atoms with Crippen LogP contribution in [0, 0.1) is 10.1 Å². The summed E-state index contributed by atoms with van der Waals surface area (Å²) in [5.41, 5.74) is 0.918. The first kappa shape index (κ1) is 14.6. The molecule has 0 unspecified atom stereocenters. The highest BCUT2D eigenvalue weighted by molar-refractivity contribution is 5.92. The Morgan fingerprint density at radius 1 is 1.38 bits per heavy atom. The molecule has 1 atom stereocenters. The number of benzene rings is 1. The van der Waals surface area contributed by atoms with E-state index in [9.17, 15) is 14.9 Å². The highest BCUT2D eigenvalue weighted by atomic mass is 16.6. The number of hydrogen-bond donors (Lipinski definition) is 0. The summed E-state index contributed by atoms with van der Waals surface area (Å²) in [4.78, 5) is 31.9. The summed E-state index contributed by atoms with van der Waals surface area (Å²) in [6.07, 6.45) is 4.32. The molecule has 0 aliphatic heterocycles. The molecule has 0 saturated carbocycles. The van der Waals surface area contributed by atoms with Crippen molar-refractivity contribution in [1.29, 1.82) is 0 Å². The van der Waals surface area contributed by atoms with Gasteiger partial charge in [0.25, 0.3) is 11.6 Å². The smallest absolute Gasteiger partial charge is 0.274 e. The van der Waals surface area contributed by atoms with Crippen molar-refractivity contribution in [1.82, 2.24) is 14.9 Å². The Labute approximate surface area is 121 Å². The van der Waals surface area contributed by atoms with Crippen LogP contribution in [0.3, 0.4) is 0 Å². The zero-order chi connectivity index (χ0) is 15.4. The molecular weight excluding hydrogens is 272 g/mol. The standard InChI is InChI=1S/C14H14N4O3/c1-10(11-4-3-5-12(8-11)18(20)21)17(2)14(19)13-9-15-6-7-16-13/h3-10H,1-2H3/t10-/m0/s1. The van der Waals surface area contributed by atoms with Crippen molar-refractivity contribution in [2.75, 3.05) is 7.05 Å². The Bertz CT molecular complexity index is 660. The minimum atomic E-state index is -0.458. The van der Waals surface area contributed by atoms with Gasteiger partial charge in [-0.3, -0.25) is 19.9 Å². The van der Waals surface area contributed by atoms with Gasteiger partial charge in [0.05, 0.1) is 17.2 Å². The largest absolute Gasteiger partial charge is 0.334 e. The van der Waals surface area contributed by atoms with Gasteiger partial charge in [-0.25, -0.2) is 4.98 Å². The predicted octanol–water partition coefficient (Wildman–Crippen LogP) is 2.22. The molecule has 0 saturated heterocycles. The number of nitrogens with zero attached hydrogens (tertiary/aromatic N) is 4. The van der Waals surface area contributed by atoms with Crippen LogP contribution in [0.4, 0.5) is 5.69 Å². The van der Waals surface area contributed by atoms with Crippen molar-refractivity contribution in [2.45, 2.75) is 13.0 Å². The molecule has 21 heavy (non-hydrogen) atoms. The summed E-state index contributed by atoms with van der Waals surface area (Å²) < 4.78 is 0. The van der Waals surface area contributed by atoms with Crippen LogP contribution in [-0.4, -0.2) is 32.7 Å². The van der Waals surface area contributed by atoms with Crippen molar-refractivity contribution in [3.05, 3.63) is 64.2 Å². The maximum absolute atomic E-state index is 12.3. The van der Waals surface area contributed by atoms with Crippen molar-refractivity contribution in [2.24, 2.45) is 0 Å². The molecule has 0 bridgehead atoms. The SMILES string of the molecule is C[C@@H](c1cccc([N+](=O)[O-])c1)N(C)C(=O)c1cnccn1. The molecule has 1 aromatic carbocycles. The Balaban J connectivity index is 2.23. The van der Waals surface area contributed by atoms with E-state index in [0.29, 0.717) is 5.56 Å². The summed E-state index contributed by atoms with van der Waals surface area (Å²) in [6, 6.07) is 5.91. The fourth-order valence-corrected chi connectivity index (χ4v) is 1.89. The molecule has 7 heteroatoms. The second kappa shape index (κ2) is 6.08. The minimum Gasteiger partial charge on any atom is -0.334 e. The van der Waals surface area contributed by atoms with Crippen molar-refractivity contribution in [3.8, 4) is 0 Å². The van der Waals surface area contributed by atoms with E-state index in [1.807, 2.05) is 0 Å². The van der Waals surface area contributed by atoms with Gasteiger partial charge in [-0.15, -0.1) is 0 Å². The van der Waals surface area contributed by atoms with E-state index in [1.165, 1.54) is 35.6 Å². The lowest BCUT2D eigenvalue weighted by Gasteiger charge is -2.24. The van der Waals surface area contributed by atoms with Gasteiger partial charge < -0.3 is 4.90 Å². The van der Waals surface area contributed by atoms with Crippen LogP contribution in [0.2, 0.25) is 0 Å². The molecule has 1 heterocycles. The first-order chi connectivity index (χ1) is 10.0. The molecule has 2 aromatic rings. The number of aromatic nitrogens is 2. The molecule has 2 rings (SSSR count). The van der Waals surface area contributed by atoms with E-state index in [4.69, 9.17) is 0 Å². The molecule has 0 N–H and O–H groups in total. The maximum atomic E-state index is 12.3. The number of amides is 1. The van der Waals surface area contributed by atoms with E-state index >= 15 is 0 Å². The summed E-state index contributed by atoms with van der Waals surface area (Å²) >= 11 is 0. The van der Waals surface area contributed by atoms with E-state index in [0.717, 1.165) is 0 Å². The Morgan fingerprint density at radius 3 is 2.76 bits per heavy atom. The Kier molecular flexibility index (Phi) is 4.22. The second-order valence-electron chi connectivity index (χ2n) is 4.53. The van der Waals surface area contributed by atoms with Gasteiger partial charge in [-0.1, -0.05) is 12.1 Å². The van der Waals surface area contributed by atoms with Crippen LogP contribution in [0.5, 0.6) is 0 Å². The zero-order valence-corrected chi connectivity index (χ0v) is 11.6. The molecule has 1 amide bonds. The van der Waals surface area contributed by atoms with Crippen LogP contribution >= 0.6 is 0 Å². The number of non-ortho nitro benzene ring substituents is 1. The van der Waals surface area contributed by atoms with Gasteiger partial charge in [0, 0.05) is 31.6 Å². The van der Waals surface area contributed by atoms with Gasteiger partial charge in [-0.05, 0) is 12.5 Å². The number of carbonyl (C=O) groups is 1. The van der Waals surface area contributed by atoms with Crippen LogP contribution in [0.25, 0.3) is 0 Å². The molecule has 0 aliphatic rings. The zero-order valence-electron chi connectivity index (χ0n) is 11.6. The number of carbonyl (C=O) groups excluding carboxylic acids is 1. The minimum absolute atomic E-state index is 0.000276.